The van der Waals surface area contributed by atoms with Crippen molar-refractivity contribution in [1.82, 2.24) is 14.2 Å². The minimum absolute atomic E-state index is 0.0342. The second kappa shape index (κ2) is 7.17. The number of carbonyl (C=O) groups is 1. The molecule has 1 aliphatic rings. The predicted octanol–water partition coefficient (Wildman–Crippen LogP) is 2.51. The molecule has 2 aromatic rings. The molecule has 6 nitrogen and oxygen atoms in total. The highest BCUT2D eigenvalue weighted by molar-refractivity contribution is 7.89. The van der Waals surface area contributed by atoms with Gasteiger partial charge in [-0.05, 0) is 50.5 Å². The zero-order chi connectivity index (χ0) is 18.0. The fourth-order valence-corrected chi connectivity index (χ4v) is 4.79. The van der Waals surface area contributed by atoms with Crippen LogP contribution in [0, 0.1) is 0 Å². The molecular weight excluding hydrogens is 338 g/mol. The lowest BCUT2D eigenvalue weighted by Crippen LogP contribution is -2.31. The van der Waals surface area contributed by atoms with Crippen molar-refractivity contribution in [2.45, 2.75) is 44.0 Å². The number of amides is 1. The number of aromatic nitrogens is 1. The standard InChI is InChI=1S/C18H25N3O3S/c1-3-9-19-18(22)14(2)21-12-8-15-13-16(6-7-17(15)21)25(23,24)20-10-4-5-11-20/h6-8,12-14H,3-5,9-11H2,1-2H3,(H,19,22)/t14-/m0/s1. The molecule has 7 heteroatoms. The SMILES string of the molecule is CCCNC(=O)[C@H](C)n1ccc2cc(S(=O)(=O)N3CCCC3)ccc21. The topological polar surface area (TPSA) is 71.4 Å². The Bertz CT molecular complexity index is 867. The molecule has 1 atom stereocenters. The van der Waals surface area contributed by atoms with Crippen LogP contribution in [-0.2, 0) is 14.8 Å². The third-order valence-electron chi connectivity index (χ3n) is 4.74. The molecule has 1 amide bonds. The summed E-state index contributed by atoms with van der Waals surface area (Å²) >= 11 is 0. The molecule has 0 unspecified atom stereocenters. The first-order valence-electron chi connectivity index (χ1n) is 8.83. The number of benzene rings is 1. The zero-order valence-electron chi connectivity index (χ0n) is 14.7. The maximum absolute atomic E-state index is 12.7. The van der Waals surface area contributed by atoms with Crippen LogP contribution in [-0.4, -0.2) is 42.8 Å². The highest BCUT2D eigenvalue weighted by Gasteiger charge is 2.27. The molecule has 0 saturated carbocycles. The molecule has 0 bridgehead atoms. The van der Waals surface area contributed by atoms with Crippen molar-refractivity contribution in [3.05, 3.63) is 30.5 Å². The number of fused-ring (bicyclic) bond motifs is 1. The molecule has 1 aromatic heterocycles. The van der Waals surface area contributed by atoms with Gasteiger partial charge in [-0.2, -0.15) is 4.31 Å². The van der Waals surface area contributed by atoms with E-state index in [1.54, 1.807) is 22.5 Å². The highest BCUT2D eigenvalue weighted by atomic mass is 32.2. The summed E-state index contributed by atoms with van der Waals surface area (Å²) < 4.78 is 28.8. The van der Waals surface area contributed by atoms with Gasteiger partial charge >= 0.3 is 0 Å². The van der Waals surface area contributed by atoms with Gasteiger partial charge in [0, 0.05) is 36.7 Å². The van der Waals surface area contributed by atoms with Crippen molar-refractivity contribution in [1.29, 1.82) is 0 Å². The predicted molar refractivity (Wildman–Crippen MR) is 97.9 cm³/mol. The average molecular weight is 363 g/mol. The van der Waals surface area contributed by atoms with Crippen molar-refractivity contribution < 1.29 is 13.2 Å². The van der Waals surface area contributed by atoms with E-state index in [-0.39, 0.29) is 11.9 Å². The number of carbonyl (C=O) groups excluding carboxylic acids is 1. The summed E-state index contributed by atoms with van der Waals surface area (Å²) in [7, 11) is -3.42. The van der Waals surface area contributed by atoms with Crippen molar-refractivity contribution in [2.24, 2.45) is 0 Å². The third kappa shape index (κ3) is 3.43. The minimum Gasteiger partial charge on any atom is -0.354 e. The van der Waals surface area contributed by atoms with Crippen LogP contribution in [0.4, 0.5) is 0 Å². The quantitative estimate of drug-likeness (QED) is 0.857. The van der Waals surface area contributed by atoms with Gasteiger partial charge in [0.15, 0.2) is 0 Å². The van der Waals surface area contributed by atoms with E-state index in [0.29, 0.717) is 24.5 Å². The fourth-order valence-electron chi connectivity index (χ4n) is 3.24. The average Bonchev–Trinajstić information content (AvgIpc) is 3.28. The van der Waals surface area contributed by atoms with Crippen LogP contribution >= 0.6 is 0 Å². The van der Waals surface area contributed by atoms with Crippen molar-refractivity contribution in [2.75, 3.05) is 19.6 Å². The molecule has 0 aliphatic carbocycles. The summed E-state index contributed by atoms with van der Waals surface area (Å²) in [6.07, 6.45) is 4.57. The van der Waals surface area contributed by atoms with E-state index in [9.17, 15) is 13.2 Å². The van der Waals surface area contributed by atoms with Gasteiger partial charge in [-0.25, -0.2) is 8.42 Å². The van der Waals surface area contributed by atoms with Crippen molar-refractivity contribution >= 4 is 26.8 Å². The fraction of sp³-hybridized carbons (Fsp3) is 0.500. The molecule has 1 fully saturated rings. The molecule has 3 rings (SSSR count). The number of rotatable bonds is 6. The molecule has 1 saturated heterocycles. The van der Waals surface area contributed by atoms with Crippen LogP contribution in [0.25, 0.3) is 10.9 Å². The Morgan fingerprint density at radius 1 is 1.24 bits per heavy atom. The summed E-state index contributed by atoms with van der Waals surface area (Å²) in [5.74, 6) is -0.0342. The van der Waals surface area contributed by atoms with E-state index >= 15 is 0 Å². The first-order valence-corrected chi connectivity index (χ1v) is 10.3. The minimum atomic E-state index is -3.42. The smallest absolute Gasteiger partial charge is 0.243 e. The lowest BCUT2D eigenvalue weighted by atomic mass is 10.2. The normalized spacial score (nSPS) is 17.0. The molecule has 136 valence electrons. The Morgan fingerprint density at radius 3 is 2.64 bits per heavy atom. The maximum Gasteiger partial charge on any atom is 0.243 e. The van der Waals surface area contributed by atoms with Crippen LogP contribution in [0.5, 0.6) is 0 Å². The Hall–Kier alpha value is -1.86. The Morgan fingerprint density at radius 2 is 1.96 bits per heavy atom. The van der Waals surface area contributed by atoms with Gasteiger partial charge < -0.3 is 9.88 Å². The van der Waals surface area contributed by atoms with Gasteiger partial charge in [0.25, 0.3) is 0 Å². The number of sulfonamides is 1. The third-order valence-corrected chi connectivity index (χ3v) is 6.64. The highest BCUT2D eigenvalue weighted by Crippen LogP contribution is 2.26. The molecule has 0 radical (unpaired) electrons. The largest absolute Gasteiger partial charge is 0.354 e. The van der Waals surface area contributed by atoms with Gasteiger partial charge in [-0.1, -0.05) is 6.92 Å². The Labute approximate surface area is 148 Å². The van der Waals surface area contributed by atoms with Gasteiger partial charge in [-0.15, -0.1) is 0 Å². The number of nitrogens with one attached hydrogen (secondary N) is 1. The number of hydrogen-bond acceptors (Lipinski definition) is 3. The van der Waals surface area contributed by atoms with Crippen molar-refractivity contribution in [3.63, 3.8) is 0 Å². The maximum atomic E-state index is 12.7. The molecular formula is C18H25N3O3S. The first kappa shape index (κ1) is 17.9. The Kier molecular flexibility index (Phi) is 5.15. The van der Waals surface area contributed by atoms with Crippen LogP contribution in [0.2, 0.25) is 0 Å². The van der Waals surface area contributed by atoms with Gasteiger partial charge in [0.05, 0.1) is 4.90 Å². The molecule has 0 spiro atoms. The van der Waals surface area contributed by atoms with E-state index in [4.69, 9.17) is 0 Å². The van der Waals surface area contributed by atoms with Crippen molar-refractivity contribution in [3.8, 4) is 0 Å². The van der Waals surface area contributed by atoms with Gasteiger partial charge in [0.1, 0.15) is 6.04 Å². The van der Waals surface area contributed by atoms with Crippen LogP contribution < -0.4 is 5.32 Å². The molecule has 25 heavy (non-hydrogen) atoms. The van der Waals surface area contributed by atoms with E-state index in [1.165, 1.54) is 0 Å². The van der Waals surface area contributed by atoms with Gasteiger partial charge in [-0.3, -0.25) is 4.79 Å². The molecule has 1 aromatic carbocycles. The first-order chi connectivity index (χ1) is 11.9. The summed E-state index contributed by atoms with van der Waals surface area (Å²) in [4.78, 5) is 12.5. The number of nitrogens with zero attached hydrogens (tertiary/aromatic N) is 2. The zero-order valence-corrected chi connectivity index (χ0v) is 15.6. The second-order valence-electron chi connectivity index (χ2n) is 6.52. The van der Waals surface area contributed by atoms with E-state index < -0.39 is 10.0 Å². The van der Waals surface area contributed by atoms with E-state index in [1.807, 2.05) is 30.7 Å². The van der Waals surface area contributed by atoms with Gasteiger partial charge in [0.2, 0.25) is 15.9 Å². The second-order valence-corrected chi connectivity index (χ2v) is 8.46. The monoisotopic (exact) mass is 363 g/mol. The summed E-state index contributed by atoms with van der Waals surface area (Å²) in [6.45, 7) is 5.70. The Balaban J connectivity index is 1.90. The molecule has 2 heterocycles. The molecule has 1 aliphatic heterocycles. The lowest BCUT2D eigenvalue weighted by Gasteiger charge is -2.17. The van der Waals surface area contributed by atoms with Crippen LogP contribution in [0.3, 0.4) is 0 Å². The van der Waals surface area contributed by atoms with E-state index in [0.717, 1.165) is 30.2 Å². The summed E-state index contributed by atoms with van der Waals surface area (Å²) in [6, 6.07) is 6.66. The lowest BCUT2D eigenvalue weighted by molar-refractivity contribution is -0.123. The number of hydrogen-bond donors (Lipinski definition) is 1. The van der Waals surface area contributed by atoms with E-state index in [2.05, 4.69) is 5.32 Å². The molecule has 1 N–H and O–H groups in total. The van der Waals surface area contributed by atoms with Crippen LogP contribution in [0.1, 0.15) is 39.2 Å². The van der Waals surface area contributed by atoms with Crippen LogP contribution in [0.15, 0.2) is 35.4 Å². The summed E-state index contributed by atoms with van der Waals surface area (Å²) in [5.41, 5.74) is 0.861. The summed E-state index contributed by atoms with van der Waals surface area (Å²) in [5, 5.41) is 3.72.